The van der Waals surface area contributed by atoms with E-state index in [1.165, 1.54) is 12.1 Å². The summed E-state index contributed by atoms with van der Waals surface area (Å²) in [6, 6.07) is 6.39. The molecule has 2 amide bonds. The van der Waals surface area contributed by atoms with Gasteiger partial charge in [0.1, 0.15) is 0 Å². The van der Waals surface area contributed by atoms with Crippen molar-refractivity contribution in [1.29, 1.82) is 5.26 Å². The number of pyridine rings is 1. The third kappa shape index (κ3) is 4.32. The number of amides is 2. The van der Waals surface area contributed by atoms with Crippen molar-refractivity contribution in [1.82, 2.24) is 9.88 Å². The van der Waals surface area contributed by atoms with Gasteiger partial charge in [-0.1, -0.05) is 0 Å². The Morgan fingerprint density at radius 2 is 1.97 bits per heavy atom. The Hall–Kier alpha value is -3.28. The van der Waals surface area contributed by atoms with Crippen molar-refractivity contribution < 1.29 is 18.0 Å². The number of nitriles is 1. The Labute approximate surface area is 172 Å². The number of benzene rings is 1. The monoisotopic (exact) mass is 417 g/mol. The van der Waals surface area contributed by atoms with Crippen LogP contribution in [0.5, 0.6) is 0 Å². The lowest BCUT2D eigenvalue weighted by Gasteiger charge is -2.45. The number of nitrogens with one attached hydrogen (secondary N) is 1. The van der Waals surface area contributed by atoms with Crippen LogP contribution < -0.4 is 10.2 Å². The Bertz CT molecular complexity index is 985. The van der Waals surface area contributed by atoms with Gasteiger partial charge in [-0.15, -0.1) is 0 Å². The van der Waals surface area contributed by atoms with Gasteiger partial charge in [-0.3, -0.25) is 4.98 Å². The van der Waals surface area contributed by atoms with Gasteiger partial charge in [-0.05, 0) is 50.6 Å². The summed E-state index contributed by atoms with van der Waals surface area (Å²) in [5, 5.41) is 11.8. The van der Waals surface area contributed by atoms with Crippen molar-refractivity contribution in [3.63, 3.8) is 0 Å². The Morgan fingerprint density at radius 3 is 2.60 bits per heavy atom. The highest BCUT2D eigenvalue weighted by atomic mass is 19.4. The van der Waals surface area contributed by atoms with E-state index in [1.54, 1.807) is 29.4 Å². The molecular weight excluding hydrogens is 395 g/mol. The summed E-state index contributed by atoms with van der Waals surface area (Å²) in [5.41, 5.74) is 0.525. The van der Waals surface area contributed by atoms with Crippen LogP contribution in [0.2, 0.25) is 0 Å². The van der Waals surface area contributed by atoms with Gasteiger partial charge < -0.3 is 15.1 Å². The van der Waals surface area contributed by atoms with Gasteiger partial charge in [-0.2, -0.15) is 18.4 Å². The second-order valence-corrected chi connectivity index (χ2v) is 7.46. The van der Waals surface area contributed by atoms with Crippen LogP contribution in [0.3, 0.4) is 0 Å². The molecule has 1 aliphatic heterocycles. The van der Waals surface area contributed by atoms with Crippen LogP contribution in [0.15, 0.2) is 36.7 Å². The zero-order valence-corrected chi connectivity index (χ0v) is 16.9. The van der Waals surface area contributed by atoms with Gasteiger partial charge in [0, 0.05) is 37.1 Å². The van der Waals surface area contributed by atoms with Gasteiger partial charge in [0.2, 0.25) is 0 Å². The van der Waals surface area contributed by atoms with Crippen LogP contribution in [-0.2, 0) is 6.18 Å². The summed E-state index contributed by atoms with van der Waals surface area (Å²) in [4.78, 5) is 20.3. The molecule has 30 heavy (non-hydrogen) atoms. The van der Waals surface area contributed by atoms with Crippen molar-refractivity contribution in [3.05, 3.63) is 53.3 Å². The van der Waals surface area contributed by atoms with Crippen molar-refractivity contribution in [2.24, 2.45) is 0 Å². The Kier molecular flexibility index (Phi) is 5.87. The molecule has 0 saturated carbocycles. The first-order chi connectivity index (χ1) is 14.1. The standard InChI is InChI=1S/C21H22F3N5O/c1-13-6-7-26-10-19(13)27-20(30)29-12-14(2)28(11-15(29)3)17-5-4-16(9-25)18(8-17)21(22,23)24/h4-8,10,14-15H,11-12H2,1-3H3,(H,27,30)/t14-,15+/m0/s1. The maximum Gasteiger partial charge on any atom is 0.417 e. The van der Waals surface area contributed by atoms with Crippen LogP contribution in [0.1, 0.15) is 30.5 Å². The quantitative estimate of drug-likeness (QED) is 0.786. The predicted molar refractivity (Wildman–Crippen MR) is 107 cm³/mol. The molecular formula is C21H22F3N5O. The second kappa shape index (κ2) is 8.22. The van der Waals surface area contributed by atoms with E-state index in [2.05, 4.69) is 10.3 Å². The molecule has 6 nitrogen and oxygen atoms in total. The number of piperazine rings is 1. The number of hydrogen-bond acceptors (Lipinski definition) is 4. The fourth-order valence-electron chi connectivity index (χ4n) is 3.59. The zero-order valence-electron chi connectivity index (χ0n) is 16.9. The highest BCUT2D eigenvalue weighted by molar-refractivity contribution is 5.90. The number of nitrogens with zero attached hydrogens (tertiary/aromatic N) is 4. The predicted octanol–water partition coefficient (Wildman–Crippen LogP) is 4.41. The van der Waals surface area contributed by atoms with Crippen LogP contribution in [0.4, 0.5) is 29.3 Å². The fraction of sp³-hybridized carbons (Fsp3) is 0.381. The number of halogens is 3. The number of anilines is 2. The third-order valence-corrected chi connectivity index (χ3v) is 5.29. The first kappa shape index (κ1) is 21.4. The lowest BCUT2D eigenvalue weighted by Crippen LogP contribution is -2.59. The molecule has 3 rings (SSSR count). The van der Waals surface area contributed by atoms with Crippen LogP contribution in [0.25, 0.3) is 0 Å². The zero-order chi connectivity index (χ0) is 22.1. The normalized spacial score (nSPS) is 19.4. The molecule has 1 saturated heterocycles. The minimum Gasteiger partial charge on any atom is -0.365 e. The van der Waals surface area contributed by atoms with Crippen molar-refractivity contribution in [3.8, 4) is 6.07 Å². The first-order valence-corrected chi connectivity index (χ1v) is 9.48. The number of alkyl halides is 3. The molecule has 1 fully saturated rings. The molecule has 1 N–H and O–H groups in total. The molecule has 2 aromatic rings. The largest absolute Gasteiger partial charge is 0.417 e. The van der Waals surface area contributed by atoms with E-state index in [4.69, 9.17) is 5.26 Å². The Balaban J connectivity index is 1.79. The molecule has 1 aromatic heterocycles. The maximum atomic E-state index is 13.3. The summed E-state index contributed by atoms with van der Waals surface area (Å²) in [6.07, 6.45) is -1.40. The van der Waals surface area contributed by atoms with E-state index in [9.17, 15) is 18.0 Å². The van der Waals surface area contributed by atoms with E-state index >= 15 is 0 Å². The molecule has 158 valence electrons. The van der Waals surface area contributed by atoms with Crippen LogP contribution >= 0.6 is 0 Å². The lowest BCUT2D eigenvalue weighted by atomic mass is 10.0. The lowest BCUT2D eigenvalue weighted by molar-refractivity contribution is -0.137. The van der Waals surface area contributed by atoms with Gasteiger partial charge in [0.25, 0.3) is 0 Å². The molecule has 1 aliphatic rings. The third-order valence-electron chi connectivity index (χ3n) is 5.29. The average molecular weight is 417 g/mol. The van der Waals surface area contributed by atoms with Crippen LogP contribution in [0, 0.1) is 18.3 Å². The number of hydrogen-bond donors (Lipinski definition) is 1. The number of carbonyl (C=O) groups is 1. The highest BCUT2D eigenvalue weighted by Crippen LogP contribution is 2.35. The summed E-state index contributed by atoms with van der Waals surface area (Å²) in [6.45, 7) is 6.28. The van der Waals surface area contributed by atoms with Crippen LogP contribution in [-0.4, -0.2) is 41.1 Å². The number of rotatable bonds is 2. The summed E-state index contributed by atoms with van der Waals surface area (Å²) >= 11 is 0. The van der Waals surface area contributed by atoms with E-state index < -0.39 is 17.3 Å². The van der Waals surface area contributed by atoms with Gasteiger partial charge in [0.05, 0.1) is 29.1 Å². The van der Waals surface area contributed by atoms with E-state index in [-0.39, 0.29) is 18.1 Å². The number of urea groups is 1. The second-order valence-electron chi connectivity index (χ2n) is 7.46. The molecule has 2 heterocycles. The minimum absolute atomic E-state index is 0.212. The first-order valence-electron chi connectivity index (χ1n) is 9.48. The summed E-state index contributed by atoms with van der Waals surface area (Å²) < 4.78 is 40.0. The van der Waals surface area contributed by atoms with Gasteiger partial charge in [0.15, 0.2) is 0 Å². The Morgan fingerprint density at radius 1 is 1.23 bits per heavy atom. The minimum atomic E-state index is -4.61. The van der Waals surface area contributed by atoms with E-state index in [1.807, 2.05) is 25.7 Å². The fourth-order valence-corrected chi connectivity index (χ4v) is 3.59. The SMILES string of the molecule is Cc1ccncc1NC(=O)N1C[C@H](C)N(c2ccc(C#N)c(C(F)(F)F)c2)C[C@H]1C. The van der Waals surface area contributed by atoms with E-state index in [0.29, 0.717) is 24.5 Å². The molecule has 0 aliphatic carbocycles. The summed E-state index contributed by atoms with van der Waals surface area (Å²) in [5.74, 6) is 0. The molecule has 0 radical (unpaired) electrons. The molecule has 0 spiro atoms. The smallest absolute Gasteiger partial charge is 0.365 e. The summed E-state index contributed by atoms with van der Waals surface area (Å²) in [7, 11) is 0. The molecule has 0 bridgehead atoms. The molecule has 2 atom stereocenters. The van der Waals surface area contributed by atoms with Crippen molar-refractivity contribution >= 4 is 17.4 Å². The highest BCUT2D eigenvalue weighted by Gasteiger charge is 2.36. The van der Waals surface area contributed by atoms with E-state index in [0.717, 1.165) is 11.6 Å². The molecule has 9 heteroatoms. The number of carbonyl (C=O) groups excluding carboxylic acids is 1. The number of aryl methyl sites for hydroxylation is 1. The van der Waals surface area contributed by atoms with Crippen molar-refractivity contribution in [2.45, 2.75) is 39.0 Å². The molecule has 1 aromatic carbocycles. The van der Waals surface area contributed by atoms with Gasteiger partial charge in [-0.25, -0.2) is 4.79 Å². The number of aromatic nitrogens is 1. The maximum absolute atomic E-state index is 13.3. The molecule has 0 unspecified atom stereocenters. The van der Waals surface area contributed by atoms with Gasteiger partial charge >= 0.3 is 12.2 Å². The van der Waals surface area contributed by atoms with Crippen molar-refractivity contribution in [2.75, 3.05) is 23.3 Å². The topological polar surface area (TPSA) is 72.3 Å². The average Bonchev–Trinajstić information content (AvgIpc) is 2.70.